The molecular formula is C20H22N2O5. The summed E-state index contributed by atoms with van der Waals surface area (Å²) in [5.41, 5.74) is 4.15. The predicted molar refractivity (Wildman–Crippen MR) is 101 cm³/mol. The Balaban J connectivity index is 1.58. The Morgan fingerprint density at radius 1 is 1.15 bits per heavy atom. The van der Waals surface area contributed by atoms with Gasteiger partial charge in [0.1, 0.15) is 13.2 Å². The van der Waals surface area contributed by atoms with Crippen molar-refractivity contribution in [3.8, 4) is 23.0 Å². The van der Waals surface area contributed by atoms with Gasteiger partial charge in [0.15, 0.2) is 23.0 Å². The average molecular weight is 370 g/mol. The van der Waals surface area contributed by atoms with Gasteiger partial charge in [-0.1, -0.05) is 6.07 Å². The summed E-state index contributed by atoms with van der Waals surface area (Å²) >= 11 is 0. The number of hydrogen-bond acceptors (Lipinski definition) is 6. The highest BCUT2D eigenvalue weighted by atomic mass is 16.6. The monoisotopic (exact) mass is 370 g/mol. The maximum absolute atomic E-state index is 12.1. The minimum Gasteiger partial charge on any atom is -0.493 e. The molecule has 1 N–H and O–H groups in total. The fourth-order valence-corrected chi connectivity index (χ4v) is 2.64. The molecule has 0 spiro atoms. The highest BCUT2D eigenvalue weighted by Crippen LogP contribution is 2.31. The zero-order valence-electron chi connectivity index (χ0n) is 15.4. The van der Waals surface area contributed by atoms with Crippen molar-refractivity contribution in [1.29, 1.82) is 0 Å². The molecule has 2 aromatic carbocycles. The Hall–Kier alpha value is -3.22. The molecule has 0 aliphatic carbocycles. The van der Waals surface area contributed by atoms with Crippen LogP contribution in [-0.4, -0.2) is 39.1 Å². The first-order valence-electron chi connectivity index (χ1n) is 8.71. The minimum absolute atomic E-state index is 0.195. The second-order valence-corrected chi connectivity index (χ2v) is 5.79. The Morgan fingerprint density at radius 2 is 1.96 bits per heavy atom. The molecule has 7 nitrogen and oxygen atoms in total. The quantitative estimate of drug-likeness (QED) is 0.599. The first-order valence-corrected chi connectivity index (χ1v) is 8.71. The second-order valence-electron chi connectivity index (χ2n) is 5.79. The third kappa shape index (κ3) is 4.91. The van der Waals surface area contributed by atoms with E-state index in [0.717, 1.165) is 11.1 Å². The largest absolute Gasteiger partial charge is 0.493 e. The lowest BCUT2D eigenvalue weighted by atomic mass is 10.1. The summed E-state index contributed by atoms with van der Waals surface area (Å²) < 4.78 is 21.8. The predicted octanol–water partition coefficient (Wildman–Crippen LogP) is 2.56. The van der Waals surface area contributed by atoms with E-state index >= 15 is 0 Å². The second kappa shape index (κ2) is 8.93. The van der Waals surface area contributed by atoms with Gasteiger partial charge in [-0.3, -0.25) is 4.79 Å². The van der Waals surface area contributed by atoms with Crippen molar-refractivity contribution >= 4 is 12.1 Å². The van der Waals surface area contributed by atoms with Crippen molar-refractivity contribution in [2.45, 2.75) is 13.3 Å². The van der Waals surface area contributed by atoms with Crippen LogP contribution in [0.5, 0.6) is 23.0 Å². The highest BCUT2D eigenvalue weighted by molar-refractivity contribution is 5.84. The molecule has 0 aromatic heterocycles. The van der Waals surface area contributed by atoms with Gasteiger partial charge in [0.25, 0.3) is 0 Å². The van der Waals surface area contributed by atoms with E-state index < -0.39 is 0 Å². The summed E-state index contributed by atoms with van der Waals surface area (Å²) in [5.74, 6) is 2.43. The summed E-state index contributed by atoms with van der Waals surface area (Å²) in [4.78, 5) is 12.1. The maximum atomic E-state index is 12.1. The Bertz CT molecular complexity index is 835. The fourth-order valence-electron chi connectivity index (χ4n) is 2.64. The van der Waals surface area contributed by atoms with Gasteiger partial charge in [0.2, 0.25) is 5.91 Å². The first kappa shape index (κ1) is 18.6. The molecule has 0 unspecified atom stereocenters. The number of fused-ring (bicyclic) bond motifs is 1. The van der Waals surface area contributed by atoms with Crippen LogP contribution in [0, 0.1) is 0 Å². The molecule has 3 rings (SSSR count). The number of hydrogen-bond donors (Lipinski definition) is 1. The number of methoxy groups -OCH3 is 1. The van der Waals surface area contributed by atoms with Gasteiger partial charge in [-0.05, 0) is 48.4 Å². The van der Waals surface area contributed by atoms with E-state index in [4.69, 9.17) is 18.9 Å². The molecule has 0 saturated heterocycles. The third-order valence-electron chi connectivity index (χ3n) is 3.86. The van der Waals surface area contributed by atoms with Crippen molar-refractivity contribution in [3.63, 3.8) is 0 Å². The van der Waals surface area contributed by atoms with Crippen LogP contribution in [0.4, 0.5) is 0 Å². The number of rotatable bonds is 7. The van der Waals surface area contributed by atoms with Gasteiger partial charge in [0, 0.05) is 0 Å². The van der Waals surface area contributed by atoms with Gasteiger partial charge >= 0.3 is 0 Å². The molecule has 1 aliphatic rings. The molecule has 7 heteroatoms. The number of carbonyl (C=O) groups is 1. The van der Waals surface area contributed by atoms with Gasteiger partial charge < -0.3 is 18.9 Å². The number of ether oxygens (including phenoxy) is 4. The van der Waals surface area contributed by atoms with Crippen LogP contribution in [0.2, 0.25) is 0 Å². The maximum Gasteiger partial charge on any atom is 0.244 e. The van der Waals surface area contributed by atoms with Gasteiger partial charge in [-0.25, -0.2) is 5.43 Å². The van der Waals surface area contributed by atoms with Crippen LogP contribution in [0.1, 0.15) is 18.1 Å². The molecule has 0 bridgehead atoms. The minimum atomic E-state index is -0.221. The van der Waals surface area contributed by atoms with Crippen molar-refractivity contribution in [2.24, 2.45) is 5.10 Å². The number of carbonyl (C=O) groups excluding carboxylic acids is 1. The number of benzene rings is 2. The topological polar surface area (TPSA) is 78.4 Å². The lowest BCUT2D eigenvalue weighted by Gasteiger charge is -2.18. The standard InChI is InChI=1S/C20H22N2O5/c1-3-25-18-11-15(5-6-16(18)24-2)13-21-22-20(23)12-14-4-7-17-19(10-14)27-9-8-26-17/h4-7,10-11,13H,3,8-9,12H2,1-2H3,(H,22,23)/b21-13+. The highest BCUT2D eigenvalue weighted by Gasteiger charge is 2.13. The first-order chi connectivity index (χ1) is 13.2. The zero-order valence-corrected chi connectivity index (χ0v) is 15.4. The van der Waals surface area contributed by atoms with Crippen LogP contribution in [0.3, 0.4) is 0 Å². The molecule has 1 aliphatic heterocycles. The third-order valence-corrected chi connectivity index (χ3v) is 3.86. The van der Waals surface area contributed by atoms with E-state index in [1.807, 2.05) is 31.2 Å². The molecule has 27 heavy (non-hydrogen) atoms. The molecule has 142 valence electrons. The van der Waals surface area contributed by atoms with Crippen molar-refractivity contribution in [1.82, 2.24) is 5.43 Å². The average Bonchev–Trinajstić information content (AvgIpc) is 2.68. The lowest BCUT2D eigenvalue weighted by molar-refractivity contribution is -0.120. The number of hydrazone groups is 1. The van der Waals surface area contributed by atoms with Gasteiger partial charge in [0.05, 0.1) is 26.4 Å². The molecule has 1 amide bonds. The van der Waals surface area contributed by atoms with E-state index in [1.165, 1.54) is 0 Å². The van der Waals surface area contributed by atoms with Crippen LogP contribution in [-0.2, 0) is 11.2 Å². The molecular weight excluding hydrogens is 348 g/mol. The van der Waals surface area contributed by atoms with Crippen molar-refractivity contribution < 1.29 is 23.7 Å². The molecule has 0 radical (unpaired) electrons. The normalized spacial score (nSPS) is 12.7. The Morgan fingerprint density at radius 3 is 2.74 bits per heavy atom. The van der Waals surface area contributed by atoms with Crippen LogP contribution in [0.25, 0.3) is 0 Å². The van der Waals surface area contributed by atoms with E-state index in [9.17, 15) is 4.79 Å². The zero-order chi connectivity index (χ0) is 19.1. The van der Waals surface area contributed by atoms with Gasteiger partial charge in [-0.15, -0.1) is 0 Å². The summed E-state index contributed by atoms with van der Waals surface area (Å²) in [6.07, 6.45) is 1.75. The van der Waals surface area contributed by atoms with Crippen molar-refractivity contribution in [2.75, 3.05) is 26.9 Å². The molecule has 0 atom stereocenters. The van der Waals surface area contributed by atoms with E-state index in [0.29, 0.717) is 42.8 Å². The smallest absolute Gasteiger partial charge is 0.244 e. The van der Waals surface area contributed by atoms with E-state index in [1.54, 1.807) is 25.5 Å². The summed E-state index contributed by atoms with van der Waals surface area (Å²) in [6.45, 7) is 3.48. The summed E-state index contributed by atoms with van der Waals surface area (Å²) in [7, 11) is 1.59. The number of nitrogens with one attached hydrogen (secondary N) is 1. The van der Waals surface area contributed by atoms with Crippen molar-refractivity contribution in [3.05, 3.63) is 47.5 Å². The number of nitrogens with zero attached hydrogens (tertiary/aromatic N) is 1. The molecule has 0 fully saturated rings. The SMILES string of the molecule is CCOc1cc(/C=N/NC(=O)Cc2ccc3c(c2)OCCO3)ccc1OC. The Kier molecular flexibility index (Phi) is 6.14. The van der Waals surface area contributed by atoms with Crippen LogP contribution < -0.4 is 24.4 Å². The summed E-state index contributed by atoms with van der Waals surface area (Å²) in [5, 5.41) is 4.01. The molecule has 1 heterocycles. The van der Waals surface area contributed by atoms with Crippen LogP contribution in [0.15, 0.2) is 41.5 Å². The summed E-state index contributed by atoms with van der Waals surface area (Å²) in [6, 6.07) is 10.9. The van der Waals surface area contributed by atoms with Crippen LogP contribution >= 0.6 is 0 Å². The van der Waals surface area contributed by atoms with E-state index in [2.05, 4.69) is 10.5 Å². The lowest BCUT2D eigenvalue weighted by Crippen LogP contribution is -2.20. The Labute approximate surface area is 157 Å². The molecule has 2 aromatic rings. The van der Waals surface area contributed by atoms with E-state index in [-0.39, 0.29) is 12.3 Å². The fraction of sp³-hybridized carbons (Fsp3) is 0.300. The molecule has 0 saturated carbocycles. The number of amides is 1. The van der Waals surface area contributed by atoms with Gasteiger partial charge in [-0.2, -0.15) is 5.10 Å².